The number of benzene rings is 2. The Balaban J connectivity index is 1.18. The number of rotatable bonds is 9. The summed E-state index contributed by atoms with van der Waals surface area (Å²) in [5.74, 6) is 1.19. The topological polar surface area (TPSA) is 95.2 Å². The summed E-state index contributed by atoms with van der Waals surface area (Å²) in [5, 5.41) is 7.96. The van der Waals surface area contributed by atoms with Gasteiger partial charge in [-0.3, -0.25) is 4.79 Å². The number of aromatic nitrogens is 3. The van der Waals surface area contributed by atoms with Gasteiger partial charge in [-0.15, -0.1) is 0 Å². The largest absolute Gasteiger partial charge is 0.490 e. The molecule has 8 nitrogen and oxygen atoms in total. The van der Waals surface area contributed by atoms with Gasteiger partial charge in [0.05, 0.1) is 16.9 Å². The molecule has 1 amide bonds. The minimum Gasteiger partial charge on any atom is -0.490 e. The summed E-state index contributed by atoms with van der Waals surface area (Å²) in [5.41, 5.74) is 3.43. The number of H-pyrrole nitrogens is 1. The van der Waals surface area contributed by atoms with Crippen LogP contribution in [0.2, 0.25) is 5.02 Å². The first-order chi connectivity index (χ1) is 18.9. The number of carbonyl (C=O) groups is 1. The zero-order valence-electron chi connectivity index (χ0n) is 22.2. The van der Waals surface area contributed by atoms with E-state index in [2.05, 4.69) is 26.7 Å². The summed E-state index contributed by atoms with van der Waals surface area (Å²) in [7, 11) is 3.92. The quantitative estimate of drug-likeness (QED) is 0.219. The van der Waals surface area contributed by atoms with Gasteiger partial charge in [0.15, 0.2) is 0 Å². The molecule has 0 saturated heterocycles. The standard InChI is InChI=1S/C30H33ClN6O2/c1-37(2)16-6-11-28(38)34-20-12-14-22(15-13-20)39-23-8-5-7-21(17-23)35-30-33-19-26(31)29(36-30)25-18-32-27-10-4-3-9-24(25)27/h3-4,6,9-15,18-19,21,23,32H,5,7-8,16-17H2,1-2H3,(H,34,38)(H,33,35,36)/b11-6+. The number of aromatic amines is 1. The van der Waals surface area contributed by atoms with E-state index >= 15 is 0 Å². The number of ether oxygens (including phenoxy) is 1. The van der Waals surface area contributed by atoms with E-state index in [0.29, 0.717) is 23.2 Å². The van der Waals surface area contributed by atoms with Crippen molar-refractivity contribution in [3.63, 3.8) is 0 Å². The monoisotopic (exact) mass is 544 g/mol. The lowest BCUT2D eigenvalue weighted by Crippen LogP contribution is -2.33. The van der Waals surface area contributed by atoms with Gasteiger partial charge in [-0.05, 0) is 63.7 Å². The molecule has 1 saturated carbocycles. The van der Waals surface area contributed by atoms with Gasteiger partial charge in [0.2, 0.25) is 11.9 Å². The smallest absolute Gasteiger partial charge is 0.248 e. The third-order valence-corrected chi connectivity index (χ3v) is 6.99. The molecule has 0 spiro atoms. The Hall–Kier alpha value is -3.88. The van der Waals surface area contributed by atoms with Crippen LogP contribution in [0, 0.1) is 0 Å². The fourth-order valence-electron chi connectivity index (χ4n) is 4.82. The van der Waals surface area contributed by atoms with Crippen LogP contribution in [0.5, 0.6) is 5.75 Å². The van der Waals surface area contributed by atoms with E-state index in [1.54, 1.807) is 12.3 Å². The predicted octanol–water partition coefficient (Wildman–Crippen LogP) is 6.14. The van der Waals surface area contributed by atoms with E-state index < -0.39 is 0 Å². The maximum absolute atomic E-state index is 12.1. The number of fused-ring (bicyclic) bond motifs is 1. The third kappa shape index (κ3) is 6.96. The lowest BCUT2D eigenvalue weighted by atomic mass is 9.93. The highest BCUT2D eigenvalue weighted by molar-refractivity contribution is 6.33. The predicted molar refractivity (Wildman–Crippen MR) is 157 cm³/mol. The number of halogens is 1. The summed E-state index contributed by atoms with van der Waals surface area (Å²) in [4.78, 5) is 26.6. The average molecular weight is 545 g/mol. The van der Waals surface area contributed by atoms with Crippen LogP contribution in [0.25, 0.3) is 22.2 Å². The first kappa shape index (κ1) is 26.7. The molecule has 3 N–H and O–H groups in total. The molecule has 2 unspecified atom stereocenters. The number of nitrogens with zero attached hydrogens (tertiary/aromatic N) is 3. The fourth-order valence-corrected chi connectivity index (χ4v) is 5.02. The highest BCUT2D eigenvalue weighted by Crippen LogP contribution is 2.33. The molecule has 202 valence electrons. The van der Waals surface area contributed by atoms with Crippen LogP contribution in [0.15, 0.2) is 73.1 Å². The molecule has 0 radical (unpaired) electrons. The minimum atomic E-state index is -0.149. The summed E-state index contributed by atoms with van der Waals surface area (Å²) in [6.07, 6.45) is 10.9. The van der Waals surface area contributed by atoms with E-state index in [-0.39, 0.29) is 18.1 Å². The Labute approximate surface area is 233 Å². The van der Waals surface area contributed by atoms with Gasteiger partial charge in [-0.25, -0.2) is 9.97 Å². The number of hydrogen-bond acceptors (Lipinski definition) is 6. The van der Waals surface area contributed by atoms with Crippen LogP contribution >= 0.6 is 11.6 Å². The van der Waals surface area contributed by atoms with Crippen molar-refractivity contribution in [3.05, 3.63) is 78.1 Å². The molecule has 0 bridgehead atoms. The Morgan fingerprint density at radius 3 is 2.82 bits per heavy atom. The number of para-hydroxylation sites is 1. The number of nitrogens with one attached hydrogen (secondary N) is 3. The normalized spacial score (nSPS) is 17.5. The lowest BCUT2D eigenvalue weighted by Gasteiger charge is -2.30. The molecule has 0 aliphatic heterocycles. The van der Waals surface area contributed by atoms with Gasteiger partial charge >= 0.3 is 0 Å². The summed E-state index contributed by atoms with van der Waals surface area (Å²) >= 11 is 6.50. The molecule has 9 heteroatoms. The maximum atomic E-state index is 12.1. The minimum absolute atomic E-state index is 0.0750. The molecule has 5 rings (SSSR count). The van der Waals surface area contributed by atoms with Crippen molar-refractivity contribution in [1.29, 1.82) is 0 Å². The zero-order valence-corrected chi connectivity index (χ0v) is 22.9. The van der Waals surface area contributed by atoms with Crippen LogP contribution in [-0.4, -0.2) is 58.5 Å². The molecule has 2 aromatic heterocycles. The van der Waals surface area contributed by atoms with E-state index in [1.807, 2.05) is 73.7 Å². The highest BCUT2D eigenvalue weighted by atomic mass is 35.5. The van der Waals surface area contributed by atoms with Crippen molar-refractivity contribution < 1.29 is 9.53 Å². The Kier molecular flexibility index (Phi) is 8.44. The number of anilines is 2. The van der Waals surface area contributed by atoms with Crippen molar-refractivity contribution in [2.45, 2.75) is 37.8 Å². The Bertz CT molecular complexity index is 1450. The van der Waals surface area contributed by atoms with Crippen LogP contribution < -0.4 is 15.4 Å². The first-order valence-electron chi connectivity index (χ1n) is 13.2. The van der Waals surface area contributed by atoms with Crippen molar-refractivity contribution in [2.75, 3.05) is 31.3 Å². The first-order valence-corrected chi connectivity index (χ1v) is 13.6. The third-order valence-electron chi connectivity index (χ3n) is 6.71. The molecule has 1 aliphatic carbocycles. The van der Waals surface area contributed by atoms with Crippen molar-refractivity contribution in [2.24, 2.45) is 0 Å². The van der Waals surface area contributed by atoms with E-state index in [1.165, 1.54) is 0 Å². The van der Waals surface area contributed by atoms with Crippen LogP contribution in [0.1, 0.15) is 25.7 Å². The number of likely N-dealkylation sites (N-methyl/N-ethyl adjacent to an activating group) is 1. The summed E-state index contributed by atoms with van der Waals surface area (Å²) in [6.45, 7) is 0.715. The average Bonchev–Trinajstić information content (AvgIpc) is 3.35. The van der Waals surface area contributed by atoms with Gasteiger partial charge in [-0.1, -0.05) is 35.9 Å². The highest BCUT2D eigenvalue weighted by Gasteiger charge is 2.24. The number of amides is 1. The van der Waals surface area contributed by atoms with Crippen molar-refractivity contribution >= 4 is 40.0 Å². The second-order valence-electron chi connectivity index (χ2n) is 10.1. The van der Waals surface area contributed by atoms with Crippen LogP contribution in [0.4, 0.5) is 11.6 Å². The zero-order chi connectivity index (χ0) is 27.2. The van der Waals surface area contributed by atoms with E-state index in [9.17, 15) is 4.79 Å². The van der Waals surface area contributed by atoms with Crippen LogP contribution in [-0.2, 0) is 4.79 Å². The molecule has 2 heterocycles. The molecule has 1 fully saturated rings. The second-order valence-corrected chi connectivity index (χ2v) is 10.5. The molecular formula is C30H33ClN6O2. The summed E-state index contributed by atoms with van der Waals surface area (Å²) in [6, 6.07) is 15.8. The van der Waals surface area contributed by atoms with Crippen molar-refractivity contribution in [1.82, 2.24) is 19.9 Å². The summed E-state index contributed by atoms with van der Waals surface area (Å²) < 4.78 is 6.29. The molecule has 1 aliphatic rings. The maximum Gasteiger partial charge on any atom is 0.248 e. The Morgan fingerprint density at radius 2 is 2.00 bits per heavy atom. The van der Waals surface area contributed by atoms with E-state index in [0.717, 1.165) is 53.6 Å². The Morgan fingerprint density at radius 1 is 1.18 bits per heavy atom. The SMILES string of the molecule is CN(C)C/C=C/C(=O)Nc1ccc(OC2CCCC(Nc3ncc(Cl)c(-c4c[nH]c5ccccc45)n3)C2)cc1. The van der Waals surface area contributed by atoms with E-state index in [4.69, 9.17) is 21.3 Å². The van der Waals surface area contributed by atoms with Gasteiger partial charge in [-0.2, -0.15) is 0 Å². The lowest BCUT2D eigenvalue weighted by molar-refractivity contribution is -0.111. The molecule has 2 aromatic carbocycles. The molecule has 4 aromatic rings. The second kappa shape index (κ2) is 12.3. The van der Waals surface area contributed by atoms with Gasteiger partial charge in [0, 0.05) is 53.4 Å². The number of carbonyl (C=O) groups excluding carboxylic acids is 1. The number of hydrogen-bond donors (Lipinski definition) is 3. The van der Waals surface area contributed by atoms with Crippen molar-refractivity contribution in [3.8, 4) is 17.0 Å². The molecular weight excluding hydrogens is 512 g/mol. The fraction of sp³-hybridized carbons (Fsp3) is 0.300. The van der Waals surface area contributed by atoms with Crippen LogP contribution in [0.3, 0.4) is 0 Å². The molecule has 2 atom stereocenters. The van der Waals surface area contributed by atoms with Gasteiger partial charge < -0.3 is 25.3 Å². The molecule has 39 heavy (non-hydrogen) atoms. The van der Waals surface area contributed by atoms with Gasteiger partial charge in [0.25, 0.3) is 0 Å². The van der Waals surface area contributed by atoms with Gasteiger partial charge in [0.1, 0.15) is 11.9 Å².